The van der Waals surface area contributed by atoms with Crippen molar-refractivity contribution < 1.29 is 14.6 Å². The second kappa shape index (κ2) is 10.8. The molecule has 1 unspecified atom stereocenters. The lowest BCUT2D eigenvalue weighted by Crippen LogP contribution is -2.40. The Labute approximate surface area is 162 Å². The van der Waals surface area contributed by atoms with Crippen LogP contribution in [0, 0.1) is 0 Å². The maximum absolute atomic E-state index is 9.34. The van der Waals surface area contributed by atoms with Gasteiger partial charge in [-0.25, -0.2) is 0 Å². The first-order valence-electron chi connectivity index (χ1n) is 10.1. The van der Waals surface area contributed by atoms with E-state index in [1.165, 1.54) is 18.5 Å². The van der Waals surface area contributed by atoms with Gasteiger partial charge < -0.3 is 19.5 Å². The molecular formula is C23H31NO3. The fraction of sp³-hybridized carbons (Fsp3) is 0.478. The number of piperidine rings is 1. The van der Waals surface area contributed by atoms with Gasteiger partial charge in [0, 0.05) is 30.9 Å². The first-order chi connectivity index (χ1) is 13.4. The van der Waals surface area contributed by atoms with Crippen molar-refractivity contribution in [3.63, 3.8) is 0 Å². The van der Waals surface area contributed by atoms with Crippen LogP contribution in [0.3, 0.4) is 0 Å². The molecule has 1 N–H and O–H groups in total. The smallest absolute Gasteiger partial charge is 0.121 e. The summed E-state index contributed by atoms with van der Waals surface area (Å²) in [5.41, 5.74) is 1.21. The number of hydrogen-bond acceptors (Lipinski definition) is 4. The van der Waals surface area contributed by atoms with Crippen LogP contribution < -0.4 is 14.4 Å². The third-order valence-electron chi connectivity index (χ3n) is 5.06. The molecule has 1 heterocycles. The summed E-state index contributed by atoms with van der Waals surface area (Å²) in [6.45, 7) is 2.72. The van der Waals surface area contributed by atoms with E-state index >= 15 is 0 Å². The van der Waals surface area contributed by atoms with Crippen LogP contribution in [0.2, 0.25) is 0 Å². The number of nitrogens with zero attached hydrogens (tertiary/aromatic N) is 1. The van der Waals surface area contributed by atoms with E-state index in [0.29, 0.717) is 19.3 Å². The predicted molar refractivity (Wildman–Crippen MR) is 110 cm³/mol. The van der Waals surface area contributed by atoms with Crippen molar-refractivity contribution in [1.29, 1.82) is 0 Å². The molecule has 1 aliphatic rings. The van der Waals surface area contributed by atoms with Gasteiger partial charge in [0.05, 0.1) is 13.2 Å². The number of rotatable bonds is 10. The number of unbranched alkanes of at least 4 members (excludes halogenated alkanes) is 1. The minimum atomic E-state index is 0.252. The zero-order chi connectivity index (χ0) is 18.7. The molecule has 0 radical (unpaired) electrons. The first kappa shape index (κ1) is 19.6. The average molecular weight is 370 g/mol. The van der Waals surface area contributed by atoms with E-state index in [2.05, 4.69) is 23.1 Å². The van der Waals surface area contributed by atoms with Crippen molar-refractivity contribution in [2.45, 2.75) is 44.6 Å². The van der Waals surface area contributed by atoms with E-state index in [9.17, 15) is 5.11 Å². The van der Waals surface area contributed by atoms with Crippen LogP contribution >= 0.6 is 0 Å². The second-order valence-corrected chi connectivity index (χ2v) is 7.07. The lowest BCUT2D eigenvalue weighted by atomic mass is 9.99. The highest BCUT2D eigenvalue weighted by atomic mass is 16.5. The minimum Gasteiger partial charge on any atom is -0.494 e. The molecule has 4 nitrogen and oxygen atoms in total. The molecule has 2 aromatic rings. The van der Waals surface area contributed by atoms with Gasteiger partial charge in [0.25, 0.3) is 0 Å². The van der Waals surface area contributed by atoms with E-state index in [4.69, 9.17) is 9.47 Å². The third-order valence-corrected chi connectivity index (χ3v) is 5.06. The van der Waals surface area contributed by atoms with Crippen molar-refractivity contribution in [1.82, 2.24) is 0 Å². The van der Waals surface area contributed by atoms with Gasteiger partial charge in [-0.2, -0.15) is 0 Å². The summed E-state index contributed by atoms with van der Waals surface area (Å²) in [5, 5.41) is 9.34. The van der Waals surface area contributed by atoms with E-state index in [1.807, 2.05) is 36.4 Å². The summed E-state index contributed by atoms with van der Waals surface area (Å²) in [6.07, 6.45) is 6.41. The molecule has 0 aromatic heterocycles. The number of aliphatic hydroxyl groups excluding tert-OH is 1. The van der Waals surface area contributed by atoms with Gasteiger partial charge in [-0.05, 0) is 62.8 Å². The van der Waals surface area contributed by atoms with Gasteiger partial charge in [0.1, 0.15) is 11.5 Å². The largest absolute Gasteiger partial charge is 0.494 e. The molecule has 1 atom stereocenters. The van der Waals surface area contributed by atoms with Crippen LogP contribution in [0.1, 0.15) is 38.5 Å². The average Bonchev–Trinajstić information content (AvgIpc) is 2.72. The minimum absolute atomic E-state index is 0.252. The fourth-order valence-electron chi connectivity index (χ4n) is 3.64. The second-order valence-electron chi connectivity index (χ2n) is 7.07. The normalized spacial score (nSPS) is 16.9. The topological polar surface area (TPSA) is 41.9 Å². The van der Waals surface area contributed by atoms with Crippen LogP contribution in [0.25, 0.3) is 0 Å². The van der Waals surface area contributed by atoms with Gasteiger partial charge >= 0.3 is 0 Å². The lowest BCUT2D eigenvalue weighted by Gasteiger charge is -2.37. The SMILES string of the molecule is OCCC1CCCCN1c1cccc(OCCCCOc2ccccc2)c1. The molecule has 4 heteroatoms. The lowest BCUT2D eigenvalue weighted by molar-refractivity contribution is 0.261. The van der Waals surface area contributed by atoms with Gasteiger partial charge in [-0.3, -0.25) is 0 Å². The third kappa shape index (κ3) is 6.17. The molecule has 0 saturated carbocycles. The van der Waals surface area contributed by atoms with E-state index in [0.717, 1.165) is 43.7 Å². The van der Waals surface area contributed by atoms with E-state index < -0.39 is 0 Å². The molecule has 0 bridgehead atoms. The molecule has 1 saturated heterocycles. The summed E-state index contributed by atoms with van der Waals surface area (Å²) in [5.74, 6) is 1.84. The standard InChI is InChI=1S/C23H31NO3/c25-16-14-20-9-4-5-15-24(20)21-10-8-13-23(19-21)27-18-7-6-17-26-22-11-2-1-3-12-22/h1-3,8,10-13,19-20,25H,4-7,9,14-18H2. The molecule has 1 aliphatic heterocycles. The van der Waals surface area contributed by atoms with Gasteiger partial charge in [-0.1, -0.05) is 24.3 Å². The zero-order valence-corrected chi connectivity index (χ0v) is 16.1. The summed E-state index contributed by atoms with van der Waals surface area (Å²) in [6, 6.07) is 18.7. The zero-order valence-electron chi connectivity index (χ0n) is 16.1. The summed E-state index contributed by atoms with van der Waals surface area (Å²) < 4.78 is 11.7. The van der Waals surface area contributed by atoms with Crippen molar-refractivity contribution in [3.05, 3.63) is 54.6 Å². The van der Waals surface area contributed by atoms with Crippen molar-refractivity contribution in [2.24, 2.45) is 0 Å². The molecule has 0 spiro atoms. The summed E-state index contributed by atoms with van der Waals surface area (Å²) in [4.78, 5) is 2.43. The molecule has 146 valence electrons. The molecule has 3 rings (SSSR count). The molecule has 0 amide bonds. The number of ether oxygens (including phenoxy) is 2. The predicted octanol–water partition coefficient (Wildman–Crippen LogP) is 4.67. The Kier molecular flexibility index (Phi) is 7.84. The van der Waals surface area contributed by atoms with E-state index in [1.54, 1.807) is 0 Å². The van der Waals surface area contributed by atoms with Gasteiger partial charge in [0.15, 0.2) is 0 Å². The Hall–Kier alpha value is -2.20. The molecule has 2 aromatic carbocycles. The Bertz CT molecular complexity index is 660. The molecule has 1 fully saturated rings. The summed E-state index contributed by atoms with van der Waals surface area (Å²) in [7, 11) is 0. The number of para-hydroxylation sites is 1. The number of hydrogen-bond donors (Lipinski definition) is 1. The Morgan fingerprint density at radius 3 is 2.41 bits per heavy atom. The maximum atomic E-state index is 9.34. The van der Waals surface area contributed by atoms with Crippen molar-refractivity contribution in [3.8, 4) is 11.5 Å². The molecule has 0 aliphatic carbocycles. The molecule has 27 heavy (non-hydrogen) atoms. The highest BCUT2D eigenvalue weighted by Gasteiger charge is 2.22. The van der Waals surface area contributed by atoms with Crippen LogP contribution in [0.4, 0.5) is 5.69 Å². The monoisotopic (exact) mass is 369 g/mol. The van der Waals surface area contributed by atoms with Crippen molar-refractivity contribution >= 4 is 5.69 Å². The van der Waals surface area contributed by atoms with Crippen molar-refractivity contribution in [2.75, 3.05) is 31.3 Å². The molecular weight excluding hydrogens is 338 g/mol. The quantitative estimate of drug-likeness (QED) is 0.618. The first-order valence-corrected chi connectivity index (χ1v) is 10.1. The Morgan fingerprint density at radius 2 is 1.63 bits per heavy atom. The highest BCUT2D eigenvalue weighted by molar-refractivity contribution is 5.52. The van der Waals surface area contributed by atoms with Crippen LogP contribution in [-0.4, -0.2) is 37.5 Å². The number of aliphatic hydroxyl groups is 1. The number of benzene rings is 2. The van der Waals surface area contributed by atoms with Crippen LogP contribution in [-0.2, 0) is 0 Å². The fourth-order valence-corrected chi connectivity index (χ4v) is 3.64. The van der Waals surface area contributed by atoms with E-state index in [-0.39, 0.29) is 6.61 Å². The van der Waals surface area contributed by atoms with Gasteiger partial charge in [0.2, 0.25) is 0 Å². The Morgan fingerprint density at radius 1 is 0.889 bits per heavy atom. The maximum Gasteiger partial charge on any atom is 0.121 e. The number of anilines is 1. The van der Waals surface area contributed by atoms with Gasteiger partial charge in [-0.15, -0.1) is 0 Å². The van der Waals surface area contributed by atoms with Crippen LogP contribution in [0.15, 0.2) is 54.6 Å². The Balaban J connectivity index is 1.42. The van der Waals surface area contributed by atoms with Crippen LogP contribution in [0.5, 0.6) is 11.5 Å². The summed E-state index contributed by atoms with van der Waals surface area (Å²) >= 11 is 0. The highest BCUT2D eigenvalue weighted by Crippen LogP contribution is 2.29.